The summed E-state index contributed by atoms with van der Waals surface area (Å²) < 4.78 is 14.6. The highest BCUT2D eigenvalue weighted by atomic mass is 19.1. The van der Waals surface area contributed by atoms with Crippen LogP contribution in [0.1, 0.15) is 45.4 Å². The summed E-state index contributed by atoms with van der Waals surface area (Å²) in [7, 11) is 0. The Labute approximate surface area is 176 Å². The van der Waals surface area contributed by atoms with E-state index in [9.17, 15) is 9.50 Å². The number of nitrogens with one attached hydrogen (secondary N) is 2. The number of pyridine rings is 1. The van der Waals surface area contributed by atoms with Crippen LogP contribution in [0, 0.1) is 12.7 Å². The predicted molar refractivity (Wildman–Crippen MR) is 117 cm³/mol. The van der Waals surface area contributed by atoms with Crippen molar-refractivity contribution in [3.8, 4) is 17.0 Å². The number of benzene rings is 1. The number of hydrogen-bond donors (Lipinski definition) is 3. The molecule has 7 heteroatoms. The highest BCUT2D eigenvalue weighted by Gasteiger charge is 2.39. The monoisotopic (exact) mass is 411 g/mol. The van der Waals surface area contributed by atoms with Gasteiger partial charge in [0, 0.05) is 53.4 Å². The van der Waals surface area contributed by atoms with Gasteiger partial charge in [0.15, 0.2) is 5.65 Å². The Kier molecular flexibility index (Phi) is 5.06. The summed E-state index contributed by atoms with van der Waals surface area (Å²) in [6.45, 7) is 13.5. The van der Waals surface area contributed by atoms with Crippen LogP contribution in [0.15, 0.2) is 24.3 Å². The standard InChI is InChI=1S/C23H30FN5O/c1-6-23(5)12-25-22(3,4)13-29(23)11-15-9-19(17-8-7-16(30)10-18(17)24)26-21-20(15)14(2)27-28-21/h7-10,25,30H,6,11-13H2,1-5H3,(H,26,27,28)/t23-/m1/s1. The van der Waals surface area contributed by atoms with Crippen molar-refractivity contribution < 1.29 is 9.50 Å². The van der Waals surface area contributed by atoms with E-state index in [1.807, 2.05) is 13.0 Å². The van der Waals surface area contributed by atoms with Gasteiger partial charge in [0.25, 0.3) is 0 Å². The minimum absolute atomic E-state index is 0.0121. The van der Waals surface area contributed by atoms with Crippen molar-refractivity contribution in [1.82, 2.24) is 25.4 Å². The molecule has 0 aliphatic carbocycles. The number of aryl methyl sites for hydroxylation is 1. The first-order valence-corrected chi connectivity index (χ1v) is 10.5. The quantitative estimate of drug-likeness (QED) is 0.602. The zero-order valence-electron chi connectivity index (χ0n) is 18.3. The van der Waals surface area contributed by atoms with E-state index >= 15 is 0 Å². The van der Waals surface area contributed by atoms with Crippen LogP contribution in [0.2, 0.25) is 0 Å². The lowest BCUT2D eigenvalue weighted by Crippen LogP contribution is -2.66. The van der Waals surface area contributed by atoms with Crippen LogP contribution in [-0.2, 0) is 6.54 Å². The molecule has 1 saturated heterocycles. The third kappa shape index (κ3) is 3.68. The van der Waals surface area contributed by atoms with Gasteiger partial charge < -0.3 is 10.4 Å². The lowest BCUT2D eigenvalue weighted by atomic mass is 9.87. The molecule has 1 aromatic carbocycles. The third-order valence-electron chi connectivity index (χ3n) is 6.44. The largest absolute Gasteiger partial charge is 0.508 e. The molecule has 4 rings (SSSR count). The average molecular weight is 412 g/mol. The van der Waals surface area contributed by atoms with Crippen molar-refractivity contribution in [2.24, 2.45) is 0 Å². The molecule has 1 atom stereocenters. The minimum atomic E-state index is -0.498. The Balaban J connectivity index is 1.82. The number of aromatic hydroxyl groups is 1. The van der Waals surface area contributed by atoms with E-state index in [1.54, 1.807) is 6.07 Å². The number of aromatic nitrogens is 3. The molecule has 6 nitrogen and oxygen atoms in total. The molecule has 3 aromatic rings. The Morgan fingerprint density at radius 2 is 2.00 bits per heavy atom. The van der Waals surface area contributed by atoms with E-state index in [2.05, 4.69) is 53.1 Å². The molecule has 0 unspecified atom stereocenters. The fourth-order valence-corrected chi connectivity index (χ4v) is 4.31. The number of H-pyrrole nitrogens is 1. The summed E-state index contributed by atoms with van der Waals surface area (Å²) in [5.74, 6) is -0.600. The maximum Gasteiger partial charge on any atom is 0.182 e. The molecule has 0 amide bonds. The van der Waals surface area contributed by atoms with Crippen molar-refractivity contribution in [3.63, 3.8) is 0 Å². The van der Waals surface area contributed by atoms with Crippen molar-refractivity contribution in [1.29, 1.82) is 0 Å². The second-order valence-electron chi connectivity index (χ2n) is 9.32. The van der Waals surface area contributed by atoms with Crippen molar-refractivity contribution in [2.75, 3.05) is 13.1 Å². The van der Waals surface area contributed by atoms with Crippen molar-refractivity contribution >= 4 is 11.0 Å². The van der Waals surface area contributed by atoms with E-state index < -0.39 is 5.82 Å². The van der Waals surface area contributed by atoms with Crippen molar-refractivity contribution in [2.45, 2.75) is 58.7 Å². The number of phenols is 1. The first kappa shape index (κ1) is 20.8. The van der Waals surface area contributed by atoms with Gasteiger partial charge in [0.05, 0.1) is 5.69 Å². The molecule has 30 heavy (non-hydrogen) atoms. The smallest absolute Gasteiger partial charge is 0.182 e. The molecule has 1 aliphatic heterocycles. The Hall–Kier alpha value is -2.51. The number of hydrogen-bond acceptors (Lipinski definition) is 5. The number of fused-ring (bicyclic) bond motifs is 1. The molecule has 0 radical (unpaired) electrons. The number of phenolic OH excluding ortho intramolecular Hbond substituents is 1. The number of piperazine rings is 1. The molecular weight excluding hydrogens is 381 g/mol. The summed E-state index contributed by atoms with van der Waals surface area (Å²) in [6.07, 6.45) is 1.02. The van der Waals surface area contributed by atoms with Gasteiger partial charge in [-0.2, -0.15) is 5.10 Å². The summed E-state index contributed by atoms with van der Waals surface area (Å²) in [5.41, 5.74) is 3.53. The van der Waals surface area contributed by atoms with Gasteiger partial charge in [-0.15, -0.1) is 0 Å². The van der Waals surface area contributed by atoms with Gasteiger partial charge in [-0.1, -0.05) is 6.92 Å². The molecule has 1 fully saturated rings. The Morgan fingerprint density at radius 3 is 2.70 bits per heavy atom. The molecule has 3 N–H and O–H groups in total. The number of aromatic amines is 1. The van der Waals surface area contributed by atoms with E-state index in [-0.39, 0.29) is 16.8 Å². The van der Waals surface area contributed by atoms with Gasteiger partial charge in [0.1, 0.15) is 11.6 Å². The molecule has 0 bridgehead atoms. The topological polar surface area (TPSA) is 77.1 Å². The normalized spacial score (nSPS) is 21.9. The van der Waals surface area contributed by atoms with Crippen LogP contribution in [-0.4, -0.2) is 49.4 Å². The average Bonchev–Trinajstić information content (AvgIpc) is 3.06. The summed E-state index contributed by atoms with van der Waals surface area (Å²) in [4.78, 5) is 7.12. The zero-order chi connectivity index (χ0) is 21.7. The fraction of sp³-hybridized carbons (Fsp3) is 0.478. The van der Waals surface area contributed by atoms with Gasteiger partial charge in [-0.3, -0.25) is 10.00 Å². The highest BCUT2D eigenvalue weighted by Crippen LogP contribution is 2.33. The summed E-state index contributed by atoms with van der Waals surface area (Å²) >= 11 is 0. The second-order valence-corrected chi connectivity index (χ2v) is 9.32. The van der Waals surface area contributed by atoms with E-state index in [0.29, 0.717) is 16.9 Å². The number of nitrogens with zero attached hydrogens (tertiary/aromatic N) is 3. The lowest BCUT2D eigenvalue weighted by molar-refractivity contribution is 0.0178. The van der Waals surface area contributed by atoms with Crippen molar-refractivity contribution in [3.05, 3.63) is 41.3 Å². The third-order valence-corrected chi connectivity index (χ3v) is 6.44. The van der Waals surface area contributed by atoms with Gasteiger partial charge in [0.2, 0.25) is 0 Å². The minimum Gasteiger partial charge on any atom is -0.508 e. The van der Waals surface area contributed by atoms with E-state index in [4.69, 9.17) is 0 Å². The first-order valence-electron chi connectivity index (χ1n) is 10.5. The highest BCUT2D eigenvalue weighted by molar-refractivity contribution is 5.84. The predicted octanol–water partition coefficient (Wildman–Crippen LogP) is 4.13. The van der Waals surface area contributed by atoms with Gasteiger partial charge in [-0.05, 0) is 57.9 Å². The van der Waals surface area contributed by atoms with Gasteiger partial charge in [-0.25, -0.2) is 9.37 Å². The molecule has 0 saturated carbocycles. The maximum absolute atomic E-state index is 14.6. The first-order chi connectivity index (χ1) is 14.1. The summed E-state index contributed by atoms with van der Waals surface area (Å²) in [5, 5.41) is 21.6. The molecule has 2 aromatic heterocycles. The van der Waals surface area contributed by atoms with Crippen LogP contribution in [0.25, 0.3) is 22.3 Å². The molecule has 1 aliphatic rings. The zero-order valence-corrected chi connectivity index (χ0v) is 18.3. The lowest BCUT2D eigenvalue weighted by Gasteiger charge is -2.51. The second kappa shape index (κ2) is 7.32. The SMILES string of the molecule is CC[C@]1(C)CNC(C)(C)CN1Cc1cc(-c2ccc(O)cc2F)nc2n[nH]c(C)c12. The molecular formula is C23H30FN5O. The van der Waals surface area contributed by atoms with Crippen LogP contribution in [0.4, 0.5) is 4.39 Å². The van der Waals surface area contributed by atoms with Gasteiger partial charge >= 0.3 is 0 Å². The van der Waals surface area contributed by atoms with Crippen LogP contribution >= 0.6 is 0 Å². The van der Waals surface area contributed by atoms with E-state index in [1.165, 1.54) is 6.07 Å². The van der Waals surface area contributed by atoms with E-state index in [0.717, 1.165) is 48.8 Å². The number of halogens is 1. The Bertz CT molecular complexity index is 1090. The van der Waals surface area contributed by atoms with Crippen LogP contribution in [0.3, 0.4) is 0 Å². The van der Waals surface area contributed by atoms with Crippen LogP contribution in [0.5, 0.6) is 5.75 Å². The molecule has 0 spiro atoms. The fourth-order valence-electron chi connectivity index (χ4n) is 4.31. The van der Waals surface area contributed by atoms with Crippen LogP contribution < -0.4 is 5.32 Å². The summed E-state index contributed by atoms with van der Waals surface area (Å²) in [6, 6.07) is 6.12. The molecule has 3 heterocycles. The Morgan fingerprint density at radius 1 is 1.23 bits per heavy atom. The number of rotatable bonds is 4. The maximum atomic E-state index is 14.6. The molecule has 160 valence electrons.